The molecular weight excluding hydrogens is 220 g/mol. The van der Waals surface area contributed by atoms with Crippen molar-refractivity contribution in [1.29, 1.82) is 0 Å². The maximum Gasteiger partial charge on any atom is 0.310 e. The Kier molecular flexibility index (Phi) is 4.36. The fourth-order valence-electron chi connectivity index (χ4n) is 2.67. The summed E-state index contributed by atoms with van der Waals surface area (Å²) in [5.74, 6) is -0.641. The average Bonchev–Trinajstić information content (AvgIpc) is 2.38. The van der Waals surface area contributed by atoms with Crippen molar-refractivity contribution < 1.29 is 14.6 Å². The van der Waals surface area contributed by atoms with Crippen LogP contribution < -0.4 is 5.32 Å². The monoisotopic (exact) mass is 242 g/mol. The number of hydrogen-bond donors (Lipinski definition) is 2. The molecule has 0 saturated carbocycles. The van der Waals surface area contributed by atoms with Crippen LogP contribution in [0.2, 0.25) is 0 Å². The van der Waals surface area contributed by atoms with E-state index < -0.39 is 11.4 Å². The fourth-order valence-corrected chi connectivity index (χ4v) is 2.67. The van der Waals surface area contributed by atoms with Crippen molar-refractivity contribution in [3.63, 3.8) is 0 Å². The summed E-state index contributed by atoms with van der Waals surface area (Å²) in [6.07, 6.45) is 2.52. The lowest BCUT2D eigenvalue weighted by atomic mass is 9.77. The maximum absolute atomic E-state index is 11.5. The standard InChI is InChI=1S/C12H22N2O3/c15-11(16)12(2-1-4-13-10-12)3-5-14-6-8-17-9-7-14/h13H,1-10H2,(H,15,16). The molecule has 2 rings (SSSR count). The van der Waals surface area contributed by atoms with Crippen LogP contribution in [0.5, 0.6) is 0 Å². The highest BCUT2D eigenvalue weighted by atomic mass is 16.5. The summed E-state index contributed by atoms with van der Waals surface area (Å²) in [7, 11) is 0. The molecule has 2 saturated heterocycles. The number of carbonyl (C=O) groups is 1. The SMILES string of the molecule is O=C(O)C1(CCN2CCOCC2)CCCNC1. The number of rotatable bonds is 4. The Balaban J connectivity index is 1.86. The van der Waals surface area contributed by atoms with Crippen molar-refractivity contribution in [2.45, 2.75) is 19.3 Å². The van der Waals surface area contributed by atoms with Crippen molar-refractivity contribution in [3.05, 3.63) is 0 Å². The number of ether oxygens (including phenoxy) is 1. The minimum Gasteiger partial charge on any atom is -0.481 e. The van der Waals surface area contributed by atoms with Crippen molar-refractivity contribution in [1.82, 2.24) is 10.2 Å². The predicted octanol–water partition coefficient (Wildman–Crippen LogP) is 0.163. The van der Waals surface area contributed by atoms with Crippen LogP contribution in [-0.4, -0.2) is 61.9 Å². The maximum atomic E-state index is 11.5. The first kappa shape index (κ1) is 12.8. The second-order valence-electron chi connectivity index (χ2n) is 5.07. The van der Waals surface area contributed by atoms with Gasteiger partial charge in [-0.2, -0.15) is 0 Å². The molecule has 0 aromatic rings. The molecule has 0 aromatic carbocycles. The molecule has 2 fully saturated rings. The number of carboxylic acid groups (broad SMARTS) is 1. The molecule has 1 unspecified atom stereocenters. The van der Waals surface area contributed by atoms with Gasteiger partial charge in [-0.1, -0.05) is 0 Å². The predicted molar refractivity (Wildman–Crippen MR) is 64.0 cm³/mol. The van der Waals surface area contributed by atoms with Crippen LogP contribution in [-0.2, 0) is 9.53 Å². The van der Waals surface area contributed by atoms with Crippen molar-refractivity contribution in [2.24, 2.45) is 5.41 Å². The van der Waals surface area contributed by atoms with E-state index >= 15 is 0 Å². The molecule has 2 heterocycles. The third-order valence-corrected chi connectivity index (χ3v) is 3.94. The molecule has 98 valence electrons. The van der Waals surface area contributed by atoms with Gasteiger partial charge in [-0.3, -0.25) is 9.69 Å². The van der Waals surface area contributed by atoms with E-state index in [-0.39, 0.29) is 0 Å². The van der Waals surface area contributed by atoms with Gasteiger partial charge in [0.2, 0.25) is 0 Å². The van der Waals surface area contributed by atoms with Crippen LogP contribution in [0.1, 0.15) is 19.3 Å². The van der Waals surface area contributed by atoms with E-state index in [0.717, 1.165) is 58.7 Å². The zero-order chi connectivity index (χ0) is 12.1. The zero-order valence-corrected chi connectivity index (χ0v) is 10.3. The van der Waals surface area contributed by atoms with Gasteiger partial charge >= 0.3 is 5.97 Å². The van der Waals surface area contributed by atoms with Crippen LogP contribution in [0.4, 0.5) is 0 Å². The molecule has 0 amide bonds. The Morgan fingerprint density at radius 2 is 2.18 bits per heavy atom. The summed E-state index contributed by atoms with van der Waals surface area (Å²) >= 11 is 0. The second kappa shape index (κ2) is 5.80. The number of nitrogens with one attached hydrogen (secondary N) is 1. The minimum atomic E-state index is -0.641. The van der Waals surface area contributed by atoms with Crippen LogP contribution >= 0.6 is 0 Å². The van der Waals surface area contributed by atoms with Gasteiger partial charge in [0.25, 0.3) is 0 Å². The molecule has 5 heteroatoms. The number of carboxylic acids is 1. The van der Waals surface area contributed by atoms with E-state index in [0.29, 0.717) is 6.54 Å². The quantitative estimate of drug-likeness (QED) is 0.735. The first-order valence-electron chi connectivity index (χ1n) is 6.47. The molecule has 5 nitrogen and oxygen atoms in total. The van der Waals surface area contributed by atoms with Gasteiger partial charge in [-0.25, -0.2) is 0 Å². The highest BCUT2D eigenvalue weighted by Gasteiger charge is 2.39. The molecule has 2 aliphatic heterocycles. The summed E-state index contributed by atoms with van der Waals surface area (Å²) in [6.45, 7) is 5.86. The lowest BCUT2D eigenvalue weighted by Gasteiger charge is -2.36. The zero-order valence-electron chi connectivity index (χ0n) is 10.3. The number of morpholine rings is 1. The summed E-state index contributed by atoms with van der Waals surface area (Å²) in [6, 6.07) is 0. The Hall–Kier alpha value is -0.650. The van der Waals surface area contributed by atoms with Crippen LogP contribution in [0.3, 0.4) is 0 Å². The highest BCUT2D eigenvalue weighted by molar-refractivity contribution is 5.75. The molecule has 1 atom stereocenters. The fraction of sp³-hybridized carbons (Fsp3) is 0.917. The largest absolute Gasteiger partial charge is 0.481 e. The summed E-state index contributed by atoms with van der Waals surface area (Å²) in [5.41, 5.74) is -0.545. The lowest BCUT2D eigenvalue weighted by Crippen LogP contribution is -2.48. The molecule has 0 aromatic heterocycles. The lowest BCUT2D eigenvalue weighted by molar-refractivity contribution is -0.151. The number of aliphatic carboxylic acids is 1. The van der Waals surface area contributed by atoms with E-state index in [1.807, 2.05) is 0 Å². The van der Waals surface area contributed by atoms with E-state index in [1.54, 1.807) is 0 Å². The first-order valence-corrected chi connectivity index (χ1v) is 6.47. The summed E-state index contributed by atoms with van der Waals surface area (Å²) < 4.78 is 5.29. The normalized spacial score (nSPS) is 31.3. The summed E-state index contributed by atoms with van der Waals surface area (Å²) in [5, 5.41) is 12.7. The van der Waals surface area contributed by atoms with Gasteiger partial charge in [0.1, 0.15) is 0 Å². The van der Waals surface area contributed by atoms with Gasteiger partial charge in [0.05, 0.1) is 18.6 Å². The Labute approximate surface area is 102 Å². The molecule has 0 aliphatic carbocycles. The Morgan fingerprint density at radius 3 is 2.76 bits per heavy atom. The molecule has 0 radical (unpaired) electrons. The smallest absolute Gasteiger partial charge is 0.310 e. The minimum absolute atomic E-state index is 0.545. The average molecular weight is 242 g/mol. The topological polar surface area (TPSA) is 61.8 Å². The molecular formula is C12H22N2O3. The van der Waals surface area contributed by atoms with Gasteiger partial charge in [0, 0.05) is 19.6 Å². The second-order valence-corrected chi connectivity index (χ2v) is 5.07. The number of nitrogens with zero attached hydrogens (tertiary/aromatic N) is 1. The molecule has 17 heavy (non-hydrogen) atoms. The van der Waals surface area contributed by atoms with Crippen LogP contribution in [0.15, 0.2) is 0 Å². The van der Waals surface area contributed by atoms with Crippen molar-refractivity contribution in [3.8, 4) is 0 Å². The highest BCUT2D eigenvalue weighted by Crippen LogP contribution is 2.30. The van der Waals surface area contributed by atoms with Gasteiger partial charge in [-0.05, 0) is 32.4 Å². The number of hydrogen-bond acceptors (Lipinski definition) is 4. The van der Waals surface area contributed by atoms with Crippen LogP contribution in [0, 0.1) is 5.41 Å². The third-order valence-electron chi connectivity index (χ3n) is 3.94. The van der Waals surface area contributed by atoms with E-state index in [1.165, 1.54) is 0 Å². The summed E-state index contributed by atoms with van der Waals surface area (Å²) in [4.78, 5) is 13.8. The van der Waals surface area contributed by atoms with E-state index in [4.69, 9.17) is 4.74 Å². The van der Waals surface area contributed by atoms with Gasteiger partial charge in [-0.15, -0.1) is 0 Å². The number of piperidine rings is 1. The van der Waals surface area contributed by atoms with Crippen molar-refractivity contribution >= 4 is 5.97 Å². The molecule has 2 aliphatic rings. The Bertz CT molecular complexity index is 258. The first-order chi connectivity index (χ1) is 8.23. The molecule has 0 bridgehead atoms. The molecule has 2 N–H and O–H groups in total. The Morgan fingerprint density at radius 1 is 1.41 bits per heavy atom. The van der Waals surface area contributed by atoms with Gasteiger partial charge < -0.3 is 15.2 Å². The van der Waals surface area contributed by atoms with Gasteiger partial charge in [0.15, 0.2) is 0 Å². The van der Waals surface area contributed by atoms with E-state index in [2.05, 4.69) is 10.2 Å². The molecule has 0 spiro atoms. The van der Waals surface area contributed by atoms with E-state index in [9.17, 15) is 9.90 Å². The van der Waals surface area contributed by atoms with Crippen LogP contribution in [0.25, 0.3) is 0 Å². The third kappa shape index (κ3) is 3.18. The van der Waals surface area contributed by atoms with Crippen molar-refractivity contribution in [2.75, 3.05) is 45.9 Å².